The molecule has 23 heavy (non-hydrogen) atoms. The van der Waals surface area contributed by atoms with Crippen molar-refractivity contribution in [1.29, 1.82) is 0 Å². The first-order valence-electron chi connectivity index (χ1n) is 7.97. The highest BCUT2D eigenvalue weighted by atomic mass is 16.1. The van der Waals surface area contributed by atoms with Crippen molar-refractivity contribution in [2.24, 2.45) is 7.05 Å². The van der Waals surface area contributed by atoms with Gasteiger partial charge >= 0.3 is 0 Å². The number of rotatable bonds is 3. The fourth-order valence-electron chi connectivity index (χ4n) is 3.51. The summed E-state index contributed by atoms with van der Waals surface area (Å²) < 4.78 is 3.42. The smallest absolute Gasteiger partial charge is 0.272 e. The number of hydrogen-bond donors (Lipinski definition) is 1. The fraction of sp³-hybridized carbons (Fsp3) is 0.438. The molecule has 0 radical (unpaired) electrons. The second-order valence-corrected chi connectivity index (χ2v) is 6.20. The lowest BCUT2D eigenvalue weighted by Crippen LogP contribution is -2.35. The lowest BCUT2D eigenvalue weighted by molar-refractivity contribution is 0.194. The Morgan fingerprint density at radius 1 is 1.39 bits per heavy atom. The molecule has 1 aliphatic rings. The van der Waals surface area contributed by atoms with Crippen LogP contribution in [-0.2, 0) is 13.6 Å². The average Bonchev–Trinajstić information content (AvgIpc) is 3.16. The van der Waals surface area contributed by atoms with Crippen molar-refractivity contribution in [3.05, 3.63) is 52.3 Å². The molecule has 0 aliphatic carbocycles. The number of nitrogens with one attached hydrogen (secondary N) is 1. The Balaban J connectivity index is 1.53. The maximum atomic E-state index is 12.1. The molecule has 3 aromatic rings. The van der Waals surface area contributed by atoms with E-state index in [0.717, 1.165) is 25.2 Å². The molecule has 0 bridgehead atoms. The van der Waals surface area contributed by atoms with E-state index in [-0.39, 0.29) is 5.56 Å². The van der Waals surface area contributed by atoms with Crippen LogP contribution < -0.4 is 5.56 Å². The second kappa shape index (κ2) is 5.66. The van der Waals surface area contributed by atoms with Gasteiger partial charge in [-0.15, -0.1) is 0 Å². The third-order valence-corrected chi connectivity index (χ3v) is 4.60. The maximum Gasteiger partial charge on any atom is 0.272 e. The molecule has 0 aromatic carbocycles. The summed E-state index contributed by atoms with van der Waals surface area (Å²) in [5.74, 6) is 0.494. The van der Waals surface area contributed by atoms with Crippen molar-refractivity contribution in [2.75, 3.05) is 13.1 Å². The molecule has 1 saturated heterocycles. The van der Waals surface area contributed by atoms with Gasteiger partial charge in [0.05, 0.1) is 5.69 Å². The molecule has 4 heterocycles. The minimum absolute atomic E-state index is 0.0600. The lowest BCUT2D eigenvalue weighted by Gasteiger charge is -2.32. The first-order chi connectivity index (χ1) is 11.2. The number of likely N-dealkylation sites (tertiary alicyclic amines) is 1. The lowest BCUT2D eigenvalue weighted by atomic mass is 9.94. The Morgan fingerprint density at radius 2 is 2.30 bits per heavy atom. The van der Waals surface area contributed by atoms with Crippen molar-refractivity contribution < 1.29 is 0 Å². The van der Waals surface area contributed by atoms with E-state index in [0.29, 0.717) is 18.1 Å². The zero-order chi connectivity index (χ0) is 15.8. The van der Waals surface area contributed by atoms with Gasteiger partial charge in [-0.3, -0.25) is 19.5 Å². The topological polar surface area (TPSA) is 71.2 Å². The summed E-state index contributed by atoms with van der Waals surface area (Å²) in [6.45, 7) is 2.74. The Hall–Kier alpha value is -2.41. The van der Waals surface area contributed by atoms with Crippen LogP contribution in [0.25, 0.3) is 5.65 Å². The average molecular weight is 312 g/mol. The quantitative estimate of drug-likeness (QED) is 0.787. The van der Waals surface area contributed by atoms with Gasteiger partial charge in [0.25, 0.3) is 5.56 Å². The van der Waals surface area contributed by atoms with Crippen LogP contribution in [0.15, 0.2) is 35.4 Å². The standard InChI is InChI=1S/C16H20N6O/c1-20-14(4-6-17-20)12-3-2-8-21(10-12)11-13-9-16(23)22-15(19-13)5-7-18-22/h4-7,9,12,18H,2-3,8,10-11H2,1H3. The van der Waals surface area contributed by atoms with Gasteiger partial charge in [-0.05, 0) is 25.5 Å². The Labute approximate surface area is 133 Å². The van der Waals surface area contributed by atoms with Crippen molar-refractivity contribution >= 4 is 5.65 Å². The Kier molecular flexibility index (Phi) is 3.49. The van der Waals surface area contributed by atoms with E-state index in [1.54, 1.807) is 12.3 Å². The highest BCUT2D eigenvalue weighted by molar-refractivity contribution is 5.36. The maximum absolute atomic E-state index is 12.1. The Morgan fingerprint density at radius 3 is 3.13 bits per heavy atom. The number of H-pyrrole nitrogens is 1. The van der Waals surface area contributed by atoms with E-state index in [1.165, 1.54) is 16.6 Å². The molecule has 120 valence electrons. The molecule has 0 saturated carbocycles. The molecule has 7 nitrogen and oxygen atoms in total. The highest BCUT2D eigenvalue weighted by Crippen LogP contribution is 2.26. The van der Waals surface area contributed by atoms with E-state index < -0.39 is 0 Å². The molecule has 1 fully saturated rings. The molecule has 0 spiro atoms. The van der Waals surface area contributed by atoms with Gasteiger partial charge in [-0.25, -0.2) is 9.50 Å². The summed E-state index contributed by atoms with van der Waals surface area (Å²) in [6, 6.07) is 5.54. The highest BCUT2D eigenvalue weighted by Gasteiger charge is 2.23. The summed E-state index contributed by atoms with van der Waals surface area (Å²) in [4.78, 5) is 19.0. The fourth-order valence-corrected chi connectivity index (χ4v) is 3.51. The van der Waals surface area contributed by atoms with E-state index in [1.807, 2.05) is 24.0 Å². The van der Waals surface area contributed by atoms with Crippen LogP contribution in [0.2, 0.25) is 0 Å². The van der Waals surface area contributed by atoms with Crippen LogP contribution >= 0.6 is 0 Å². The van der Waals surface area contributed by atoms with Gasteiger partial charge < -0.3 is 0 Å². The molecule has 1 N–H and O–H groups in total. The van der Waals surface area contributed by atoms with Gasteiger partial charge in [0.15, 0.2) is 5.65 Å². The van der Waals surface area contributed by atoms with Gasteiger partial charge in [0, 0.05) is 56.3 Å². The second-order valence-electron chi connectivity index (χ2n) is 6.20. The number of hydrogen-bond acceptors (Lipinski definition) is 4. The van der Waals surface area contributed by atoms with Gasteiger partial charge in [0.2, 0.25) is 0 Å². The molecule has 4 rings (SSSR count). The molecule has 3 aromatic heterocycles. The van der Waals surface area contributed by atoms with Crippen LogP contribution in [0, 0.1) is 0 Å². The molecule has 0 amide bonds. The van der Waals surface area contributed by atoms with E-state index in [4.69, 9.17) is 0 Å². The summed E-state index contributed by atoms with van der Waals surface area (Å²) in [7, 11) is 2.00. The third kappa shape index (κ3) is 2.68. The Bertz CT molecular complexity index is 876. The number of aromatic nitrogens is 5. The van der Waals surface area contributed by atoms with Gasteiger partial charge in [-0.1, -0.05) is 0 Å². The summed E-state index contributed by atoms with van der Waals surface area (Å²) >= 11 is 0. The van der Waals surface area contributed by atoms with Crippen LogP contribution in [0.5, 0.6) is 0 Å². The van der Waals surface area contributed by atoms with Crippen LogP contribution in [0.3, 0.4) is 0 Å². The molecule has 1 unspecified atom stereocenters. The number of aromatic amines is 1. The third-order valence-electron chi connectivity index (χ3n) is 4.60. The first-order valence-corrected chi connectivity index (χ1v) is 7.97. The predicted molar refractivity (Wildman–Crippen MR) is 86.3 cm³/mol. The number of fused-ring (bicyclic) bond motifs is 1. The number of nitrogens with zero attached hydrogens (tertiary/aromatic N) is 5. The molecule has 7 heteroatoms. The molecule has 1 aliphatic heterocycles. The van der Waals surface area contributed by atoms with E-state index in [2.05, 4.69) is 26.1 Å². The normalized spacial score (nSPS) is 19.4. The van der Waals surface area contributed by atoms with E-state index >= 15 is 0 Å². The van der Waals surface area contributed by atoms with Gasteiger partial charge in [-0.2, -0.15) is 5.10 Å². The van der Waals surface area contributed by atoms with Gasteiger partial charge in [0.1, 0.15) is 0 Å². The van der Waals surface area contributed by atoms with Crippen molar-refractivity contribution in [3.63, 3.8) is 0 Å². The zero-order valence-corrected chi connectivity index (χ0v) is 13.1. The first kappa shape index (κ1) is 14.2. The molecule has 1 atom stereocenters. The minimum atomic E-state index is -0.0600. The molecular formula is C16H20N6O. The summed E-state index contributed by atoms with van der Waals surface area (Å²) in [5, 5.41) is 7.15. The zero-order valence-electron chi connectivity index (χ0n) is 13.1. The minimum Gasteiger partial charge on any atom is -0.297 e. The van der Waals surface area contributed by atoms with Crippen LogP contribution in [0.4, 0.5) is 0 Å². The van der Waals surface area contributed by atoms with E-state index in [9.17, 15) is 4.79 Å². The van der Waals surface area contributed by atoms with Crippen molar-refractivity contribution in [3.8, 4) is 0 Å². The predicted octanol–water partition coefficient (Wildman–Crippen LogP) is 1.14. The summed E-state index contributed by atoms with van der Waals surface area (Å²) in [6.07, 6.45) is 5.92. The largest absolute Gasteiger partial charge is 0.297 e. The van der Waals surface area contributed by atoms with Crippen LogP contribution in [-0.4, -0.2) is 42.4 Å². The molecular weight excluding hydrogens is 292 g/mol. The van der Waals surface area contributed by atoms with Crippen molar-refractivity contribution in [2.45, 2.75) is 25.3 Å². The SMILES string of the molecule is Cn1nccc1C1CCCN(Cc2cc(=O)n3[nH]ccc3n2)C1. The van der Waals surface area contributed by atoms with Crippen molar-refractivity contribution in [1.82, 2.24) is 29.3 Å². The van der Waals surface area contributed by atoms with Crippen LogP contribution in [0.1, 0.15) is 30.1 Å². The number of piperidine rings is 1. The number of aryl methyl sites for hydroxylation is 1. The summed E-state index contributed by atoms with van der Waals surface area (Å²) in [5.41, 5.74) is 2.73. The monoisotopic (exact) mass is 312 g/mol.